The minimum absolute atomic E-state index is 0.0199. The van der Waals surface area contributed by atoms with Crippen LogP contribution in [0.5, 0.6) is 11.5 Å². The lowest BCUT2D eigenvalue weighted by atomic mass is 10.2. The lowest BCUT2D eigenvalue weighted by molar-refractivity contribution is -0.146. The van der Waals surface area contributed by atoms with Gasteiger partial charge in [0.1, 0.15) is 17.7 Å². The summed E-state index contributed by atoms with van der Waals surface area (Å²) in [4.78, 5) is 29.1. The van der Waals surface area contributed by atoms with Crippen LogP contribution in [0.1, 0.15) is 23.0 Å². The Kier molecular flexibility index (Phi) is 7.49. The number of hydrogen-bond acceptors (Lipinski definition) is 7. The number of thiazole rings is 1. The number of aromatic nitrogens is 1. The van der Waals surface area contributed by atoms with E-state index >= 15 is 0 Å². The van der Waals surface area contributed by atoms with Gasteiger partial charge in [-0.3, -0.25) is 4.79 Å². The van der Waals surface area contributed by atoms with Crippen molar-refractivity contribution in [2.75, 3.05) is 14.2 Å². The van der Waals surface area contributed by atoms with Gasteiger partial charge in [0.2, 0.25) is 0 Å². The Balaban J connectivity index is 1.61. The number of esters is 1. The number of ether oxygens (including phenoxy) is 3. The van der Waals surface area contributed by atoms with Crippen molar-refractivity contribution in [2.45, 2.75) is 19.6 Å². The Morgan fingerprint density at radius 1 is 1.13 bits per heavy atom. The van der Waals surface area contributed by atoms with Gasteiger partial charge in [-0.1, -0.05) is 29.8 Å². The van der Waals surface area contributed by atoms with Crippen molar-refractivity contribution in [3.63, 3.8) is 0 Å². The third-order valence-corrected chi connectivity index (χ3v) is 5.62. The molecule has 0 aliphatic heterocycles. The Morgan fingerprint density at radius 3 is 2.61 bits per heavy atom. The van der Waals surface area contributed by atoms with Gasteiger partial charge < -0.3 is 19.5 Å². The molecule has 2 aromatic carbocycles. The molecule has 0 spiro atoms. The number of amides is 1. The second kappa shape index (κ2) is 10.3. The first-order chi connectivity index (χ1) is 14.9. The first-order valence-corrected chi connectivity index (χ1v) is 10.6. The molecule has 3 aromatic rings. The van der Waals surface area contributed by atoms with Gasteiger partial charge in [-0.05, 0) is 31.2 Å². The minimum Gasteiger partial charge on any atom is -0.493 e. The van der Waals surface area contributed by atoms with Crippen LogP contribution in [0, 0.1) is 0 Å². The molecule has 1 atom stereocenters. The van der Waals surface area contributed by atoms with Crippen LogP contribution in [-0.2, 0) is 16.1 Å². The highest BCUT2D eigenvalue weighted by molar-refractivity contribution is 7.13. The molecule has 1 heterocycles. The van der Waals surface area contributed by atoms with E-state index in [4.69, 9.17) is 25.8 Å². The summed E-state index contributed by atoms with van der Waals surface area (Å²) >= 11 is 7.41. The topological polar surface area (TPSA) is 86.8 Å². The number of para-hydroxylation sites is 1. The largest absolute Gasteiger partial charge is 0.493 e. The first kappa shape index (κ1) is 22.6. The normalized spacial score (nSPS) is 11.5. The predicted octanol–water partition coefficient (Wildman–Crippen LogP) is 4.34. The van der Waals surface area contributed by atoms with E-state index in [-0.39, 0.29) is 6.61 Å². The minimum atomic E-state index is -0.847. The fourth-order valence-electron chi connectivity index (χ4n) is 2.80. The van der Waals surface area contributed by atoms with Gasteiger partial charge in [0.15, 0.2) is 11.5 Å². The third-order valence-electron chi connectivity index (χ3n) is 4.37. The molecule has 162 valence electrons. The number of methoxy groups -OCH3 is 2. The van der Waals surface area contributed by atoms with Gasteiger partial charge in [-0.15, -0.1) is 11.3 Å². The molecule has 3 rings (SSSR count). The van der Waals surface area contributed by atoms with Gasteiger partial charge in [-0.2, -0.15) is 0 Å². The van der Waals surface area contributed by atoms with Crippen LogP contribution >= 0.6 is 22.9 Å². The van der Waals surface area contributed by atoms with Crippen molar-refractivity contribution >= 4 is 34.8 Å². The SMILES string of the molecule is COc1cccc(-c2nc(COC(=O)C(C)NC(=O)c3ccccc3Cl)cs2)c1OC. The first-order valence-electron chi connectivity index (χ1n) is 9.32. The summed E-state index contributed by atoms with van der Waals surface area (Å²) in [6.07, 6.45) is 0. The molecule has 1 N–H and O–H groups in total. The zero-order valence-corrected chi connectivity index (χ0v) is 18.8. The number of nitrogens with zero attached hydrogens (tertiary/aromatic N) is 1. The van der Waals surface area contributed by atoms with Gasteiger partial charge >= 0.3 is 5.97 Å². The van der Waals surface area contributed by atoms with Crippen molar-refractivity contribution in [3.05, 3.63) is 64.1 Å². The number of rotatable bonds is 8. The van der Waals surface area contributed by atoms with E-state index in [0.717, 1.165) is 5.56 Å². The van der Waals surface area contributed by atoms with Crippen LogP contribution in [0.25, 0.3) is 10.6 Å². The van der Waals surface area contributed by atoms with Crippen molar-refractivity contribution in [1.29, 1.82) is 0 Å². The Hall–Kier alpha value is -3.10. The average molecular weight is 461 g/mol. The molecule has 0 bridgehead atoms. The molecule has 0 aliphatic carbocycles. The highest BCUT2D eigenvalue weighted by Gasteiger charge is 2.20. The molecule has 0 aliphatic rings. The van der Waals surface area contributed by atoms with E-state index in [1.165, 1.54) is 11.3 Å². The number of nitrogens with one attached hydrogen (secondary N) is 1. The summed E-state index contributed by atoms with van der Waals surface area (Å²) in [6, 6.07) is 11.3. The summed E-state index contributed by atoms with van der Waals surface area (Å²) < 4.78 is 16.1. The number of carbonyl (C=O) groups excluding carboxylic acids is 2. The van der Waals surface area contributed by atoms with E-state index in [1.807, 2.05) is 12.1 Å². The lowest BCUT2D eigenvalue weighted by Crippen LogP contribution is -2.39. The molecule has 0 saturated carbocycles. The van der Waals surface area contributed by atoms with Crippen LogP contribution in [0.3, 0.4) is 0 Å². The second-order valence-corrected chi connectivity index (χ2v) is 7.73. The third kappa shape index (κ3) is 5.34. The van der Waals surface area contributed by atoms with Crippen LogP contribution in [0.2, 0.25) is 5.02 Å². The van der Waals surface area contributed by atoms with Gasteiger partial charge in [0, 0.05) is 5.38 Å². The molecule has 0 saturated heterocycles. The van der Waals surface area contributed by atoms with E-state index in [2.05, 4.69) is 10.3 Å². The molecular weight excluding hydrogens is 440 g/mol. The maximum atomic E-state index is 12.3. The summed E-state index contributed by atoms with van der Waals surface area (Å²) in [5, 5.41) is 5.40. The zero-order valence-electron chi connectivity index (χ0n) is 17.2. The van der Waals surface area contributed by atoms with E-state index in [9.17, 15) is 9.59 Å². The maximum Gasteiger partial charge on any atom is 0.328 e. The number of benzene rings is 2. The highest BCUT2D eigenvalue weighted by atomic mass is 35.5. The van der Waals surface area contributed by atoms with Gasteiger partial charge in [-0.25, -0.2) is 9.78 Å². The smallest absolute Gasteiger partial charge is 0.328 e. The molecule has 31 heavy (non-hydrogen) atoms. The summed E-state index contributed by atoms with van der Waals surface area (Å²) in [6.45, 7) is 1.53. The molecule has 9 heteroatoms. The molecule has 0 fully saturated rings. The fourth-order valence-corrected chi connectivity index (χ4v) is 3.85. The van der Waals surface area contributed by atoms with Crippen LogP contribution in [0.4, 0.5) is 0 Å². The highest BCUT2D eigenvalue weighted by Crippen LogP contribution is 2.39. The Morgan fingerprint density at radius 2 is 1.90 bits per heavy atom. The van der Waals surface area contributed by atoms with Crippen molar-refractivity contribution in [2.24, 2.45) is 0 Å². The summed E-state index contributed by atoms with van der Waals surface area (Å²) in [7, 11) is 3.13. The number of hydrogen-bond donors (Lipinski definition) is 1. The summed E-state index contributed by atoms with van der Waals surface area (Å²) in [5.41, 5.74) is 1.66. The molecular formula is C22H21ClN2O5S. The van der Waals surface area contributed by atoms with Gasteiger partial charge in [0.25, 0.3) is 5.91 Å². The molecule has 0 radical (unpaired) electrons. The second-order valence-electron chi connectivity index (χ2n) is 6.47. The van der Waals surface area contributed by atoms with E-state index < -0.39 is 17.9 Å². The Labute approximate surface area is 188 Å². The molecule has 1 unspecified atom stereocenters. The van der Waals surface area contributed by atoms with E-state index in [0.29, 0.717) is 32.8 Å². The monoisotopic (exact) mass is 460 g/mol. The lowest BCUT2D eigenvalue weighted by Gasteiger charge is -2.13. The van der Waals surface area contributed by atoms with Crippen molar-refractivity contribution in [1.82, 2.24) is 10.3 Å². The standard InChI is InChI=1S/C22H21ClN2O5S/c1-13(24-20(26)15-7-4-5-9-17(15)23)22(27)30-11-14-12-31-21(25-14)16-8-6-10-18(28-2)19(16)29-3/h4-10,12-13H,11H2,1-3H3,(H,24,26). The molecule has 1 aromatic heterocycles. The number of carbonyl (C=O) groups is 2. The summed E-state index contributed by atoms with van der Waals surface area (Å²) in [5.74, 6) is 0.162. The zero-order chi connectivity index (χ0) is 22.4. The van der Waals surface area contributed by atoms with E-state index in [1.54, 1.807) is 56.9 Å². The maximum absolute atomic E-state index is 12.3. The molecule has 7 nitrogen and oxygen atoms in total. The Bertz CT molecular complexity index is 1090. The van der Waals surface area contributed by atoms with Crippen molar-refractivity contribution in [3.8, 4) is 22.1 Å². The van der Waals surface area contributed by atoms with Crippen LogP contribution in [0.15, 0.2) is 47.8 Å². The quantitative estimate of drug-likeness (QED) is 0.503. The average Bonchev–Trinajstić information content (AvgIpc) is 3.25. The van der Waals surface area contributed by atoms with Crippen LogP contribution in [-0.4, -0.2) is 37.1 Å². The van der Waals surface area contributed by atoms with Crippen LogP contribution < -0.4 is 14.8 Å². The molecule has 1 amide bonds. The van der Waals surface area contributed by atoms with Gasteiger partial charge in [0.05, 0.1) is 36.1 Å². The predicted molar refractivity (Wildman–Crippen MR) is 119 cm³/mol. The van der Waals surface area contributed by atoms with Crippen molar-refractivity contribution < 1.29 is 23.8 Å². The fraction of sp³-hybridized carbons (Fsp3) is 0.227. The number of halogens is 1.